The molecule has 1 N–H and O–H groups in total. The molecule has 0 amide bonds. The number of hydrogen-bond acceptors (Lipinski definition) is 2. The van der Waals surface area contributed by atoms with Crippen molar-refractivity contribution in [3.8, 4) is 0 Å². The molecule has 0 saturated carbocycles. The van der Waals surface area contributed by atoms with Gasteiger partial charge in [0.05, 0.1) is 5.37 Å². The van der Waals surface area contributed by atoms with E-state index in [2.05, 4.69) is 48.3 Å². The van der Waals surface area contributed by atoms with Crippen molar-refractivity contribution in [2.75, 3.05) is 6.54 Å². The summed E-state index contributed by atoms with van der Waals surface area (Å²) >= 11 is 2.10. The van der Waals surface area contributed by atoms with Crippen molar-refractivity contribution < 1.29 is 0 Å². The van der Waals surface area contributed by atoms with Crippen LogP contribution < -0.4 is 5.32 Å². The molecule has 0 aromatic rings. The summed E-state index contributed by atoms with van der Waals surface area (Å²) in [6.45, 7) is 3.45. The van der Waals surface area contributed by atoms with E-state index >= 15 is 0 Å². The van der Waals surface area contributed by atoms with Crippen LogP contribution in [0.5, 0.6) is 0 Å². The highest BCUT2D eigenvalue weighted by Gasteiger charge is 2.31. The zero-order chi connectivity index (χ0) is 10.5. The van der Waals surface area contributed by atoms with Crippen molar-refractivity contribution in [3.63, 3.8) is 0 Å². The van der Waals surface area contributed by atoms with Gasteiger partial charge >= 0.3 is 0 Å². The van der Waals surface area contributed by atoms with Gasteiger partial charge in [0.25, 0.3) is 0 Å². The predicted octanol–water partition coefficient (Wildman–Crippen LogP) is 3.34. The van der Waals surface area contributed by atoms with Gasteiger partial charge in [-0.3, -0.25) is 0 Å². The van der Waals surface area contributed by atoms with E-state index < -0.39 is 0 Å². The van der Waals surface area contributed by atoms with E-state index in [-0.39, 0.29) is 0 Å². The van der Waals surface area contributed by atoms with E-state index in [0.29, 0.717) is 5.37 Å². The van der Waals surface area contributed by atoms with Crippen molar-refractivity contribution in [2.45, 2.75) is 43.2 Å². The van der Waals surface area contributed by atoms with Crippen LogP contribution in [0.3, 0.4) is 0 Å². The minimum atomic E-state index is 0.684. The third kappa shape index (κ3) is 3.12. The molecule has 1 nitrogen and oxygen atoms in total. The Bertz CT molecular complexity index is 227. The second-order valence-corrected chi connectivity index (χ2v) is 5.81. The maximum atomic E-state index is 3.67. The minimum absolute atomic E-state index is 0.684. The molecule has 0 spiro atoms. The quantitative estimate of drug-likeness (QED) is 0.717. The fourth-order valence-electron chi connectivity index (χ4n) is 2.25. The lowest BCUT2D eigenvalue weighted by Crippen LogP contribution is -2.25. The summed E-state index contributed by atoms with van der Waals surface area (Å²) in [6, 6.07) is 0. The van der Waals surface area contributed by atoms with E-state index in [4.69, 9.17) is 0 Å². The zero-order valence-electron chi connectivity index (χ0n) is 9.49. The Kier molecular flexibility index (Phi) is 4.33. The molecule has 3 unspecified atom stereocenters. The van der Waals surface area contributed by atoms with Gasteiger partial charge in [0.2, 0.25) is 0 Å². The average molecular weight is 223 g/mol. The van der Waals surface area contributed by atoms with Crippen LogP contribution in [-0.4, -0.2) is 17.2 Å². The Hall–Kier alpha value is -0.210. The number of hydrogen-bond donors (Lipinski definition) is 1. The predicted molar refractivity (Wildman–Crippen MR) is 69.1 cm³/mol. The normalized spacial score (nSPS) is 33.3. The minimum Gasteiger partial charge on any atom is -0.305 e. The van der Waals surface area contributed by atoms with Gasteiger partial charge in [0, 0.05) is 5.25 Å². The van der Waals surface area contributed by atoms with E-state index in [1.807, 2.05) is 0 Å². The molecule has 2 heteroatoms. The summed E-state index contributed by atoms with van der Waals surface area (Å²) < 4.78 is 0. The fraction of sp³-hybridized carbons (Fsp3) is 0.692. The lowest BCUT2D eigenvalue weighted by Gasteiger charge is -2.12. The van der Waals surface area contributed by atoms with E-state index in [1.54, 1.807) is 0 Å². The lowest BCUT2D eigenvalue weighted by atomic mass is 9.97. The Morgan fingerprint density at radius 1 is 1.27 bits per heavy atom. The number of allylic oxidation sites excluding steroid dienone is 3. The van der Waals surface area contributed by atoms with Crippen LogP contribution >= 0.6 is 11.8 Å². The number of nitrogens with one attached hydrogen (secondary N) is 1. The molecular formula is C13H21NS. The first-order chi connectivity index (χ1) is 7.40. The van der Waals surface area contributed by atoms with E-state index in [0.717, 1.165) is 11.2 Å². The second kappa shape index (κ2) is 5.76. The molecule has 0 aromatic heterocycles. The Morgan fingerprint density at radius 3 is 2.93 bits per heavy atom. The molecule has 15 heavy (non-hydrogen) atoms. The zero-order valence-corrected chi connectivity index (χ0v) is 10.3. The fourth-order valence-corrected chi connectivity index (χ4v) is 3.77. The molecule has 0 radical (unpaired) electrons. The number of fused-ring (bicyclic) bond motifs is 1. The topological polar surface area (TPSA) is 12.0 Å². The second-order valence-electron chi connectivity index (χ2n) is 4.42. The number of unbranched alkanes of at least 4 members (excludes halogenated alkanes) is 2. The SMILES string of the molecule is CCCCCNC1CC2C=CC=CC2S1. The molecule has 2 aliphatic rings. The van der Waals surface area contributed by atoms with Crippen LogP contribution in [0.15, 0.2) is 24.3 Å². The van der Waals surface area contributed by atoms with Gasteiger partial charge in [-0.1, -0.05) is 44.1 Å². The maximum absolute atomic E-state index is 3.67. The Balaban J connectivity index is 1.68. The molecule has 1 heterocycles. The molecule has 1 saturated heterocycles. The Labute approximate surface area is 97.4 Å². The molecule has 0 aromatic carbocycles. The highest BCUT2D eigenvalue weighted by atomic mass is 32.2. The van der Waals surface area contributed by atoms with Gasteiger partial charge in [-0.05, 0) is 25.3 Å². The van der Waals surface area contributed by atoms with Gasteiger partial charge in [0.1, 0.15) is 0 Å². The van der Waals surface area contributed by atoms with E-state index in [1.165, 1.54) is 32.2 Å². The first kappa shape index (κ1) is 11.3. The van der Waals surface area contributed by atoms with Crippen molar-refractivity contribution >= 4 is 11.8 Å². The van der Waals surface area contributed by atoms with Gasteiger partial charge in [-0.15, -0.1) is 11.8 Å². The van der Waals surface area contributed by atoms with Crippen LogP contribution in [0.4, 0.5) is 0 Å². The molecule has 0 bridgehead atoms. The standard InChI is InChI=1S/C13H21NS/c1-2-3-6-9-14-13-10-11-7-4-5-8-12(11)15-13/h4-5,7-8,11-14H,2-3,6,9-10H2,1H3. The summed E-state index contributed by atoms with van der Waals surface area (Å²) in [5.41, 5.74) is 0. The largest absolute Gasteiger partial charge is 0.305 e. The lowest BCUT2D eigenvalue weighted by molar-refractivity contribution is 0.539. The first-order valence-corrected chi connectivity index (χ1v) is 7.08. The molecule has 1 aliphatic carbocycles. The van der Waals surface area contributed by atoms with Crippen LogP contribution in [0.25, 0.3) is 0 Å². The summed E-state index contributed by atoms with van der Waals surface area (Å²) in [4.78, 5) is 0. The third-order valence-corrected chi connectivity index (χ3v) is 4.66. The monoisotopic (exact) mass is 223 g/mol. The highest BCUT2D eigenvalue weighted by Crippen LogP contribution is 2.40. The van der Waals surface area contributed by atoms with Crippen molar-refractivity contribution in [2.24, 2.45) is 5.92 Å². The van der Waals surface area contributed by atoms with Crippen LogP contribution in [0, 0.1) is 5.92 Å². The number of rotatable bonds is 5. The average Bonchev–Trinajstić information content (AvgIpc) is 2.67. The van der Waals surface area contributed by atoms with Gasteiger partial charge in [0.15, 0.2) is 0 Å². The number of thioether (sulfide) groups is 1. The summed E-state index contributed by atoms with van der Waals surface area (Å²) in [6.07, 6.45) is 14.4. The summed E-state index contributed by atoms with van der Waals surface area (Å²) in [5, 5.41) is 5.09. The molecule has 1 fully saturated rings. The molecule has 2 rings (SSSR count). The molecule has 3 atom stereocenters. The van der Waals surface area contributed by atoms with Crippen molar-refractivity contribution in [1.82, 2.24) is 5.32 Å². The summed E-state index contributed by atoms with van der Waals surface area (Å²) in [5.74, 6) is 0.781. The smallest absolute Gasteiger partial charge is 0.0544 e. The molecule has 1 aliphatic heterocycles. The molecular weight excluding hydrogens is 202 g/mol. The van der Waals surface area contributed by atoms with Gasteiger partial charge in [-0.25, -0.2) is 0 Å². The van der Waals surface area contributed by atoms with Gasteiger partial charge < -0.3 is 5.32 Å². The van der Waals surface area contributed by atoms with Crippen molar-refractivity contribution in [3.05, 3.63) is 24.3 Å². The van der Waals surface area contributed by atoms with Crippen molar-refractivity contribution in [1.29, 1.82) is 0 Å². The van der Waals surface area contributed by atoms with Crippen LogP contribution in [-0.2, 0) is 0 Å². The van der Waals surface area contributed by atoms with Gasteiger partial charge in [-0.2, -0.15) is 0 Å². The summed E-state index contributed by atoms with van der Waals surface area (Å²) in [7, 11) is 0. The highest BCUT2D eigenvalue weighted by molar-refractivity contribution is 8.00. The van der Waals surface area contributed by atoms with E-state index in [9.17, 15) is 0 Å². The van der Waals surface area contributed by atoms with Crippen LogP contribution in [0.2, 0.25) is 0 Å². The Morgan fingerprint density at radius 2 is 2.13 bits per heavy atom. The van der Waals surface area contributed by atoms with Crippen LogP contribution in [0.1, 0.15) is 32.6 Å². The maximum Gasteiger partial charge on any atom is 0.0544 e. The molecule has 84 valence electrons. The third-order valence-electron chi connectivity index (χ3n) is 3.15. The first-order valence-electron chi connectivity index (χ1n) is 6.14.